The number of benzene rings is 2. The molecule has 0 aliphatic carbocycles. The molecule has 0 fully saturated rings. The first-order valence-electron chi connectivity index (χ1n) is 10.1. The molecule has 0 saturated carbocycles. The Morgan fingerprint density at radius 2 is 0.828 bits per heavy atom. The maximum absolute atomic E-state index is 5.71. The molecule has 4 N–H and O–H groups in total. The minimum Gasteiger partial charge on any atom is -0.496 e. The van der Waals surface area contributed by atoms with Crippen molar-refractivity contribution in [1.29, 1.82) is 0 Å². The molecule has 0 atom stereocenters. The zero-order chi connectivity index (χ0) is 21.2. The summed E-state index contributed by atoms with van der Waals surface area (Å²) in [6.45, 7) is 3.08. The maximum atomic E-state index is 5.71. The SMILES string of the molecule is CNCc1cc(Cc2cc(CNC)c(OC)c(CNC)c2)cc(CNC)c1OC. The van der Waals surface area contributed by atoms with E-state index >= 15 is 0 Å². The minimum absolute atomic E-state index is 0.770. The lowest BCUT2D eigenvalue weighted by atomic mass is 9.95. The van der Waals surface area contributed by atoms with Crippen LogP contribution in [0.5, 0.6) is 11.5 Å². The summed E-state index contributed by atoms with van der Waals surface area (Å²) in [5.41, 5.74) is 7.26. The molecular formula is C23H36N4O2. The Balaban J connectivity index is 2.48. The summed E-state index contributed by atoms with van der Waals surface area (Å²) in [5, 5.41) is 13.0. The monoisotopic (exact) mass is 400 g/mol. The van der Waals surface area contributed by atoms with Gasteiger partial charge in [0.25, 0.3) is 0 Å². The molecule has 0 aliphatic rings. The van der Waals surface area contributed by atoms with E-state index in [0.29, 0.717) is 0 Å². The van der Waals surface area contributed by atoms with Gasteiger partial charge < -0.3 is 30.7 Å². The fraction of sp³-hybridized carbons (Fsp3) is 0.478. The number of methoxy groups -OCH3 is 2. The topological polar surface area (TPSA) is 66.6 Å². The molecule has 0 bridgehead atoms. The summed E-state index contributed by atoms with van der Waals surface area (Å²) in [6, 6.07) is 8.98. The quantitative estimate of drug-likeness (QED) is 0.438. The lowest BCUT2D eigenvalue weighted by Gasteiger charge is -2.18. The third kappa shape index (κ3) is 5.93. The molecule has 0 heterocycles. The molecule has 160 valence electrons. The van der Waals surface area contributed by atoms with E-state index in [1.54, 1.807) is 14.2 Å². The van der Waals surface area contributed by atoms with Crippen LogP contribution in [0, 0.1) is 0 Å². The van der Waals surface area contributed by atoms with Gasteiger partial charge in [0.15, 0.2) is 0 Å². The van der Waals surface area contributed by atoms with Crippen LogP contribution in [0.4, 0.5) is 0 Å². The molecule has 2 aromatic rings. The van der Waals surface area contributed by atoms with Crippen molar-refractivity contribution in [2.24, 2.45) is 0 Å². The standard InChI is InChI=1S/C23H36N4O2/c1-24-12-18-8-16(9-19(13-25-2)22(18)28-5)7-17-10-20(14-26-3)23(29-6)21(11-17)15-27-4/h8-11,24-27H,7,12-15H2,1-6H3. The molecule has 29 heavy (non-hydrogen) atoms. The van der Waals surface area contributed by atoms with Crippen molar-refractivity contribution in [3.05, 3.63) is 57.6 Å². The second-order valence-corrected chi connectivity index (χ2v) is 7.19. The highest BCUT2D eigenvalue weighted by molar-refractivity contribution is 5.49. The van der Waals surface area contributed by atoms with Gasteiger partial charge in [-0.2, -0.15) is 0 Å². The van der Waals surface area contributed by atoms with E-state index in [-0.39, 0.29) is 0 Å². The molecule has 0 aromatic heterocycles. The average molecular weight is 401 g/mol. The Morgan fingerprint density at radius 1 is 0.552 bits per heavy atom. The smallest absolute Gasteiger partial charge is 0.127 e. The summed E-state index contributed by atoms with van der Waals surface area (Å²) in [5.74, 6) is 1.91. The van der Waals surface area contributed by atoms with Crippen LogP contribution in [-0.4, -0.2) is 42.4 Å². The number of hydrogen-bond donors (Lipinski definition) is 4. The molecule has 0 saturated heterocycles. The zero-order valence-electron chi connectivity index (χ0n) is 18.7. The van der Waals surface area contributed by atoms with Crippen molar-refractivity contribution < 1.29 is 9.47 Å². The van der Waals surface area contributed by atoms with Crippen LogP contribution in [0.3, 0.4) is 0 Å². The molecular weight excluding hydrogens is 364 g/mol. The highest BCUT2D eigenvalue weighted by Gasteiger charge is 2.14. The lowest BCUT2D eigenvalue weighted by molar-refractivity contribution is 0.401. The van der Waals surface area contributed by atoms with E-state index in [9.17, 15) is 0 Å². The van der Waals surface area contributed by atoms with Crippen LogP contribution in [0.2, 0.25) is 0 Å². The Morgan fingerprint density at radius 3 is 1.03 bits per heavy atom. The predicted molar refractivity (Wildman–Crippen MR) is 120 cm³/mol. The number of nitrogens with one attached hydrogen (secondary N) is 4. The van der Waals surface area contributed by atoms with E-state index in [4.69, 9.17) is 9.47 Å². The van der Waals surface area contributed by atoms with Gasteiger partial charge in [-0.25, -0.2) is 0 Å². The number of ether oxygens (including phenoxy) is 2. The van der Waals surface area contributed by atoms with Gasteiger partial charge in [0.1, 0.15) is 11.5 Å². The van der Waals surface area contributed by atoms with Crippen LogP contribution in [-0.2, 0) is 32.6 Å². The van der Waals surface area contributed by atoms with Gasteiger partial charge in [-0.3, -0.25) is 0 Å². The predicted octanol–water partition coefficient (Wildman–Crippen LogP) is 2.17. The molecule has 0 amide bonds. The van der Waals surface area contributed by atoms with Crippen LogP contribution >= 0.6 is 0 Å². The molecule has 0 spiro atoms. The van der Waals surface area contributed by atoms with Crippen molar-refractivity contribution in [2.45, 2.75) is 32.6 Å². The van der Waals surface area contributed by atoms with E-state index in [1.807, 2.05) is 28.2 Å². The van der Waals surface area contributed by atoms with Gasteiger partial charge in [-0.05, 0) is 45.7 Å². The van der Waals surface area contributed by atoms with E-state index in [2.05, 4.69) is 45.5 Å². The minimum atomic E-state index is 0.770. The zero-order valence-corrected chi connectivity index (χ0v) is 18.7. The van der Waals surface area contributed by atoms with Gasteiger partial charge in [0.2, 0.25) is 0 Å². The molecule has 0 aliphatic heterocycles. The highest BCUT2D eigenvalue weighted by Crippen LogP contribution is 2.30. The van der Waals surface area contributed by atoms with Gasteiger partial charge in [-0.1, -0.05) is 24.3 Å². The fourth-order valence-electron chi connectivity index (χ4n) is 3.90. The molecule has 6 nitrogen and oxygen atoms in total. The van der Waals surface area contributed by atoms with Crippen molar-refractivity contribution in [2.75, 3.05) is 42.4 Å². The molecule has 0 radical (unpaired) electrons. The van der Waals surface area contributed by atoms with Crippen molar-refractivity contribution in [3.63, 3.8) is 0 Å². The largest absolute Gasteiger partial charge is 0.496 e. The Hall–Kier alpha value is -2.12. The normalized spacial score (nSPS) is 11.0. The maximum Gasteiger partial charge on any atom is 0.127 e. The Labute approximate surface area is 175 Å². The number of hydrogen-bond acceptors (Lipinski definition) is 6. The second-order valence-electron chi connectivity index (χ2n) is 7.19. The van der Waals surface area contributed by atoms with Crippen molar-refractivity contribution >= 4 is 0 Å². The summed E-state index contributed by atoms with van der Waals surface area (Å²) in [7, 11) is 11.3. The molecule has 2 aromatic carbocycles. The summed E-state index contributed by atoms with van der Waals surface area (Å²) in [4.78, 5) is 0. The first-order chi connectivity index (χ1) is 14.1. The first kappa shape index (κ1) is 23.2. The Bertz CT molecular complexity index is 673. The highest BCUT2D eigenvalue weighted by atomic mass is 16.5. The average Bonchev–Trinajstić information content (AvgIpc) is 2.69. The van der Waals surface area contributed by atoms with Crippen LogP contribution in [0.15, 0.2) is 24.3 Å². The van der Waals surface area contributed by atoms with Gasteiger partial charge in [0, 0.05) is 48.4 Å². The molecule has 2 rings (SSSR count). The van der Waals surface area contributed by atoms with E-state index in [0.717, 1.165) is 44.1 Å². The van der Waals surface area contributed by atoms with Crippen LogP contribution < -0.4 is 30.7 Å². The molecule has 0 unspecified atom stereocenters. The fourth-order valence-corrected chi connectivity index (χ4v) is 3.90. The van der Waals surface area contributed by atoms with Gasteiger partial charge in [0.05, 0.1) is 14.2 Å². The third-order valence-electron chi connectivity index (χ3n) is 4.89. The summed E-state index contributed by atoms with van der Waals surface area (Å²) >= 11 is 0. The van der Waals surface area contributed by atoms with Crippen LogP contribution in [0.25, 0.3) is 0 Å². The van der Waals surface area contributed by atoms with Crippen LogP contribution in [0.1, 0.15) is 33.4 Å². The van der Waals surface area contributed by atoms with E-state index < -0.39 is 0 Å². The van der Waals surface area contributed by atoms with Gasteiger partial charge >= 0.3 is 0 Å². The van der Waals surface area contributed by atoms with E-state index in [1.165, 1.54) is 33.4 Å². The summed E-state index contributed by atoms with van der Waals surface area (Å²) in [6.07, 6.45) is 0.856. The first-order valence-corrected chi connectivity index (χ1v) is 10.1. The third-order valence-corrected chi connectivity index (χ3v) is 4.89. The molecule has 6 heteroatoms. The van der Waals surface area contributed by atoms with Crippen molar-refractivity contribution in [1.82, 2.24) is 21.3 Å². The number of rotatable bonds is 12. The summed E-state index contributed by atoms with van der Waals surface area (Å²) < 4.78 is 11.4. The second kappa shape index (κ2) is 11.8. The van der Waals surface area contributed by atoms with Gasteiger partial charge in [-0.15, -0.1) is 0 Å². The lowest BCUT2D eigenvalue weighted by Crippen LogP contribution is -2.13. The Kier molecular flexibility index (Phi) is 9.41. The van der Waals surface area contributed by atoms with Crippen molar-refractivity contribution in [3.8, 4) is 11.5 Å².